The van der Waals surface area contributed by atoms with E-state index in [4.69, 9.17) is 87.1 Å². The second kappa shape index (κ2) is 30.6. The Morgan fingerprint density at radius 3 is 1.43 bits per heavy atom. The standard InChI is InChI=1S/C32H46N8O4S.C26H33ClN6O4S.C6H14N2/c1-32(2,3)44-31(41)40-14-8-9-20(19-40)34-27-25(28(42-4)38-30(37-27)39-15-17-43-18-16-39)29-36-26-23(12-7-13-24(26)45-29)35-22-11-6-5-10-21(22)33;1-26(2,3)37-25(34)33-10-6-7-16(15-33)28-21-19(23-29-20-17(27)8-5-9-18(20)38-23)22(35-4)31-24(30-21)32-11-13-36-14-12-32;7-5-3-1-2-4-6(5)8/h7,12-13,20-22,35H,5-6,8-11,14-19,33H2,1-4H3,(H,34,37,38);5,8-9,16H,6-7,10-15H2,1-4H3,(H,28,30,31);5-6H,1-4,7-8H2/t20-,21-,22+;16-;5-,6+/m11./s1. The molecule has 6 atom stereocenters. The minimum absolute atomic E-state index is 0.0369. The topological polar surface area (TPSA) is 294 Å². The summed E-state index contributed by atoms with van der Waals surface area (Å²) in [7, 11) is 3.23. The summed E-state index contributed by atoms with van der Waals surface area (Å²) in [6, 6.07) is 12.8. The lowest BCUT2D eigenvalue weighted by atomic mass is 9.91. The summed E-state index contributed by atoms with van der Waals surface area (Å²) in [5, 5.41) is 13.0. The van der Waals surface area contributed by atoms with Crippen LogP contribution in [0.3, 0.4) is 0 Å². The molecule has 4 aliphatic heterocycles. The highest BCUT2D eigenvalue weighted by Crippen LogP contribution is 2.44. The molecular weight excluding hydrogens is 1220 g/mol. The molecule has 0 radical (unpaired) electrons. The van der Waals surface area contributed by atoms with Crippen LogP contribution in [0, 0.1) is 0 Å². The van der Waals surface area contributed by atoms with Crippen molar-refractivity contribution in [2.75, 3.05) is 119 Å². The van der Waals surface area contributed by atoms with Gasteiger partial charge in [-0.05, 0) is 117 Å². The molecule has 6 aromatic rings. The molecule has 12 rings (SSSR count). The van der Waals surface area contributed by atoms with E-state index in [1.54, 1.807) is 35.4 Å². The van der Waals surface area contributed by atoms with Crippen LogP contribution in [0.1, 0.15) is 119 Å². The van der Waals surface area contributed by atoms with Gasteiger partial charge in [-0.1, -0.05) is 49.4 Å². The molecule has 4 aromatic heterocycles. The normalized spacial score (nSPS) is 22.5. The number of rotatable bonds is 12. The average Bonchev–Trinajstić information content (AvgIpc) is 1.78. The van der Waals surface area contributed by atoms with Gasteiger partial charge in [-0.25, -0.2) is 19.6 Å². The van der Waals surface area contributed by atoms with Crippen molar-refractivity contribution in [1.29, 1.82) is 0 Å². The van der Waals surface area contributed by atoms with E-state index in [9.17, 15) is 9.59 Å². The number of nitrogens with zero attached hydrogens (tertiary/aromatic N) is 10. The van der Waals surface area contributed by atoms with Crippen molar-refractivity contribution in [2.45, 2.75) is 166 Å². The molecular formula is C64H93ClN16O8S2. The minimum atomic E-state index is -0.555. The average molecular weight is 1310 g/mol. The van der Waals surface area contributed by atoms with Crippen molar-refractivity contribution in [1.82, 2.24) is 39.7 Å². The molecule has 27 heteroatoms. The van der Waals surface area contributed by atoms with Crippen LogP contribution in [0.2, 0.25) is 5.02 Å². The number of piperidine rings is 2. The number of morpholine rings is 2. The number of carbonyl (C=O) groups is 2. The first-order chi connectivity index (χ1) is 43.7. The molecule has 9 N–H and O–H groups in total. The fourth-order valence-electron chi connectivity index (χ4n) is 12.0. The number of nitrogens with two attached hydrogens (primary N) is 3. The Hall–Kier alpha value is -6.39. The maximum atomic E-state index is 12.9. The summed E-state index contributed by atoms with van der Waals surface area (Å²) in [6.07, 6.45) is 12.1. The first kappa shape index (κ1) is 67.5. The van der Waals surface area contributed by atoms with E-state index < -0.39 is 11.2 Å². The molecule has 24 nitrogen and oxygen atoms in total. The van der Waals surface area contributed by atoms with Gasteiger partial charge in [-0.2, -0.15) is 19.9 Å². The number of ether oxygens (including phenoxy) is 6. The van der Waals surface area contributed by atoms with E-state index >= 15 is 0 Å². The fraction of sp³-hybridized carbons (Fsp3) is 0.625. The van der Waals surface area contributed by atoms with Gasteiger partial charge in [-0.3, -0.25) is 0 Å². The quantitative estimate of drug-likeness (QED) is 0.0664. The summed E-state index contributed by atoms with van der Waals surface area (Å²) >= 11 is 9.54. The molecule has 0 bridgehead atoms. The maximum Gasteiger partial charge on any atom is 0.410 e. The number of likely N-dealkylation sites (tertiary alicyclic amines) is 2. The van der Waals surface area contributed by atoms with Crippen molar-refractivity contribution in [2.24, 2.45) is 17.2 Å². The van der Waals surface area contributed by atoms with Gasteiger partial charge < -0.3 is 81.2 Å². The number of para-hydroxylation sites is 2. The van der Waals surface area contributed by atoms with Gasteiger partial charge in [-0.15, -0.1) is 22.7 Å². The highest BCUT2D eigenvalue weighted by Gasteiger charge is 2.34. The molecule has 6 fully saturated rings. The zero-order valence-corrected chi connectivity index (χ0v) is 56.5. The molecule has 2 aliphatic carbocycles. The molecule has 0 spiro atoms. The number of fused-ring (bicyclic) bond motifs is 2. The predicted octanol–water partition coefficient (Wildman–Crippen LogP) is 10.4. The zero-order valence-electron chi connectivity index (χ0n) is 54.1. The van der Waals surface area contributed by atoms with Crippen LogP contribution in [0.5, 0.6) is 11.8 Å². The summed E-state index contributed by atoms with van der Waals surface area (Å²) in [6.45, 7) is 18.8. The monoisotopic (exact) mass is 1310 g/mol. The van der Waals surface area contributed by atoms with Crippen LogP contribution >= 0.6 is 34.3 Å². The number of nitrogens with one attached hydrogen (secondary N) is 3. The Morgan fingerprint density at radius 2 is 0.989 bits per heavy atom. The van der Waals surface area contributed by atoms with E-state index in [1.165, 1.54) is 37.0 Å². The Kier molecular flexibility index (Phi) is 22.7. The highest BCUT2D eigenvalue weighted by atomic mass is 35.5. The zero-order chi connectivity index (χ0) is 64.4. The lowest BCUT2D eigenvalue weighted by molar-refractivity contribution is 0.0196. The molecule has 8 heterocycles. The number of thiazole rings is 2. The lowest BCUT2D eigenvalue weighted by Crippen LogP contribution is -2.47. The number of methoxy groups -OCH3 is 2. The van der Waals surface area contributed by atoms with E-state index in [0.717, 1.165) is 82.5 Å². The summed E-state index contributed by atoms with van der Waals surface area (Å²) < 4.78 is 36.2. The van der Waals surface area contributed by atoms with E-state index in [-0.39, 0.29) is 48.4 Å². The van der Waals surface area contributed by atoms with E-state index in [2.05, 4.69) is 43.9 Å². The third-order valence-electron chi connectivity index (χ3n) is 16.8. The number of anilines is 5. The molecule has 2 amide bonds. The van der Waals surface area contributed by atoms with Crippen LogP contribution in [-0.4, -0.2) is 192 Å². The Balaban J connectivity index is 0.000000180. The third-order valence-corrected chi connectivity index (χ3v) is 19.2. The Morgan fingerprint density at radius 1 is 0.549 bits per heavy atom. The second-order valence-electron chi connectivity index (χ2n) is 26.1. The van der Waals surface area contributed by atoms with E-state index in [1.807, 2.05) is 59.7 Å². The summed E-state index contributed by atoms with van der Waals surface area (Å²) in [5.41, 5.74) is 20.7. The van der Waals surface area contributed by atoms with Crippen LogP contribution in [-0.2, 0) is 18.9 Å². The second-order valence-corrected chi connectivity index (χ2v) is 28.6. The smallest absolute Gasteiger partial charge is 0.410 e. The van der Waals surface area contributed by atoms with Gasteiger partial charge >= 0.3 is 12.2 Å². The Bertz CT molecular complexity index is 3400. The number of hydrogen-bond donors (Lipinski definition) is 6. The minimum Gasteiger partial charge on any atom is -0.480 e. The molecule has 496 valence electrons. The molecule has 0 unspecified atom stereocenters. The van der Waals surface area contributed by atoms with Crippen LogP contribution in [0.25, 0.3) is 41.6 Å². The van der Waals surface area contributed by atoms with Gasteiger partial charge in [0.25, 0.3) is 0 Å². The van der Waals surface area contributed by atoms with Crippen molar-refractivity contribution >= 4 is 96.1 Å². The summed E-state index contributed by atoms with van der Waals surface area (Å²) in [4.78, 5) is 63.1. The van der Waals surface area contributed by atoms with Gasteiger partial charge in [0.15, 0.2) is 0 Å². The number of amides is 2. The van der Waals surface area contributed by atoms with Crippen LogP contribution in [0.4, 0.5) is 38.8 Å². The molecule has 2 saturated carbocycles. The number of aromatic nitrogens is 6. The number of hydrogen-bond acceptors (Lipinski definition) is 24. The van der Waals surface area contributed by atoms with Crippen LogP contribution in [0.15, 0.2) is 36.4 Å². The number of halogens is 1. The third kappa shape index (κ3) is 17.7. The van der Waals surface area contributed by atoms with Gasteiger partial charge in [0, 0.05) is 88.6 Å². The summed E-state index contributed by atoms with van der Waals surface area (Å²) in [5.74, 6) is 3.29. The maximum absolute atomic E-state index is 12.9. The fourth-order valence-corrected chi connectivity index (χ4v) is 14.4. The van der Waals surface area contributed by atoms with E-state index in [0.29, 0.717) is 135 Å². The molecule has 4 saturated heterocycles. The van der Waals surface area contributed by atoms with Gasteiger partial charge in [0.1, 0.15) is 55.0 Å². The highest BCUT2D eigenvalue weighted by molar-refractivity contribution is 7.22. The van der Waals surface area contributed by atoms with Crippen molar-refractivity contribution in [3.8, 4) is 32.9 Å². The van der Waals surface area contributed by atoms with Crippen molar-refractivity contribution in [3.63, 3.8) is 0 Å². The Labute approximate surface area is 547 Å². The first-order valence-corrected chi connectivity index (χ1v) is 34.3. The molecule has 91 heavy (non-hydrogen) atoms. The largest absolute Gasteiger partial charge is 0.480 e. The first-order valence-electron chi connectivity index (χ1n) is 32.3. The predicted molar refractivity (Wildman–Crippen MR) is 363 cm³/mol. The lowest BCUT2D eigenvalue weighted by Gasteiger charge is -2.35. The van der Waals surface area contributed by atoms with Gasteiger partial charge in [0.05, 0.1) is 60.8 Å². The number of benzene rings is 2. The molecule has 2 aromatic carbocycles. The number of carbonyl (C=O) groups excluding carboxylic acids is 2. The molecule has 6 aliphatic rings. The van der Waals surface area contributed by atoms with Gasteiger partial charge in [0.2, 0.25) is 23.7 Å². The SMILES string of the molecule is COc1nc(N2CCOCC2)nc(N[C@@H]2CCCN(C(=O)OC(C)(C)C)C2)c1-c1nc2c(Cl)cccc2s1.COc1nc(N2CCOCC2)nc(N[C@@H]2CCCN(C(=O)OC(C)(C)C)C2)c1-c1nc2c(N[C@H]3CCCC[C@H]3N)cccc2s1.N[C@@H]1CCCC[C@@H]1N. The van der Waals surface area contributed by atoms with Crippen molar-refractivity contribution < 1.29 is 38.0 Å². The van der Waals surface area contributed by atoms with Crippen molar-refractivity contribution in [3.05, 3.63) is 41.4 Å². The van der Waals surface area contributed by atoms with Crippen LogP contribution < -0.4 is 52.4 Å².